The van der Waals surface area contributed by atoms with Crippen molar-refractivity contribution >= 4 is 46.6 Å². The largest absolute Gasteiger partial charge is 0.462 e. The van der Waals surface area contributed by atoms with Crippen LogP contribution in [0.4, 0.5) is 5.69 Å². The number of esters is 2. The molecule has 172 valence electrons. The van der Waals surface area contributed by atoms with Crippen molar-refractivity contribution in [3.63, 3.8) is 0 Å². The molecule has 9 heteroatoms. The van der Waals surface area contributed by atoms with Crippen LogP contribution in [0.5, 0.6) is 0 Å². The highest BCUT2D eigenvalue weighted by molar-refractivity contribution is 7.98. The number of carbonyl (C=O) groups excluding carboxylic acids is 3. The first-order valence-electron chi connectivity index (χ1n) is 10.3. The molecule has 1 amide bonds. The molecular weight excluding hydrogens is 460 g/mol. The fourth-order valence-corrected chi connectivity index (χ4v) is 4.63. The molecule has 0 saturated heterocycles. The summed E-state index contributed by atoms with van der Waals surface area (Å²) in [6.07, 6.45) is 0. The molecule has 2 aromatic carbocycles. The van der Waals surface area contributed by atoms with Crippen molar-refractivity contribution in [1.29, 1.82) is 0 Å². The molecule has 0 aliphatic rings. The fraction of sp³-hybridized carbons (Fsp3) is 0.250. The Morgan fingerprint density at radius 3 is 2.21 bits per heavy atom. The Morgan fingerprint density at radius 1 is 1.00 bits per heavy atom. The number of hydrogen-bond acceptors (Lipinski definition) is 8. The molecule has 7 nitrogen and oxygen atoms in total. The maximum absolute atomic E-state index is 13.1. The molecule has 0 spiro atoms. The molecule has 3 aromatic rings. The van der Waals surface area contributed by atoms with Gasteiger partial charge in [0.25, 0.3) is 5.91 Å². The standard InChI is InChI=1S/C24H24N2O5S2/c1-4-30-23(28)16-10-17(24(29)31-5-2)12-18(11-16)26-22(27)20-8-6-7-9-21(20)33-14-19-13-32-15(3)25-19/h6-13H,4-5,14H2,1-3H3,(H,26,27). The normalized spacial score (nSPS) is 10.5. The zero-order valence-corrected chi connectivity index (χ0v) is 20.2. The minimum atomic E-state index is -0.589. The van der Waals surface area contributed by atoms with Gasteiger partial charge in [0.05, 0.1) is 40.6 Å². The summed E-state index contributed by atoms with van der Waals surface area (Å²) in [5, 5.41) is 5.79. The monoisotopic (exact) mass is 484 g/mol. The van der Waals surface area contributed by atoms with Crippen molar-refractivity contribution in [2.75, 3.05) is 18.5 Å². The summed E-state index contributed by atoms with van der Waals surface area (Å²) >= 11 is 3.10. The molecule has 3 rings (SSSR count). The number of carbonyl (C=O) groups is 3. The van der Waals surface area contributed by atoms with Crippen molar-refractivity contribution in [3.8, 4) is 0 Å². The van der Waals surface area contributed by atoms with Crippen LogP contribution in [0.25, 0.3) is 0 Å². The summed E-state index contributed by atoms with van der Waals surface area (Å²) in [5.41, 5.74) is 2.04. The molecule has 0 fully saturated rings. The van der Waals surface area contributed by atoms with E-state index in [1.54, 1.807) is 37.3 Å². The SMILES string of the molecule is CCOC(=O)c1cc(NC(=O)c2ccccc2SCc2csc(C)n2)cc(C(=O)OCC)c1. The third-order valence-electron chi connectivity index (χ3n) is 4.39. The summed E-state index contributed by atoms with van der Waals surface area (Å²) < 4.78 is 10.1. The second-order valence-electron chi connectivity index (χ2n) is 6.84. The summed E-state index contributed by atoms with van der Waals surface area (Å²) in [7, 11) is 0. The van der Waals surface area contributed by atoms with Gasteiger partial charge in [-0.2, -0.15) is 0 Å². The van der Waals surface area contributed by atoms with Crippen LogP contribution in [0.2, 0.25) is 0 Å². The highest BCUT2D eigenvalue weighted by Crippen LogP contribution is 2.28. The third kappa shape index (κ3) is 6.66. The van der Waals surface area contributed by atoms with Crippen LogP contribution in [-0.2, 0) is 15.2 Å². The lowest BCUT2D eigenvalue weighted by atomic mass is 10.1. The Kier molecular flexibility index (Phi) is 8.62. The van der Waals surface area contributed by atoms with E-state index in [0.29, 0.717) is 17.0 Å². The number of aryl methyl sites for hydroxylation is 1. The van der Waals surface area contributed by atoms with Gasteiger partial charge in [0, 0.05) is 21.7 Å². The van der Waals surface area contributed by atoms with Crippen LogP contribution in [0, 0.1) is 6.92 Å². The molecule has 0 atom stereocenters. The van der Waals surface area contributed by atoms with E-state index >= 15 is 0 Å². The predicted octanol–water partition coefficient (Wildman–Crippen LogP) is 5.35. The van der Waals surface area contributed by atoms with E-state index in [9.17, 15) is 14.4 Å². The van der Waals surface area contributed by atoms with E-state index in [1.807, 2.05) is 24.4 Å². The highest BCUT2D eigenvalue weighted by atomic mass is 32.2. The molecule has 1 aromatic heterocycles. The van der Waals surface area contributed by atoms with E-state index in [0.717, 1.165) is 15.6 Å². The molecule has 1 heterocycles. The maximum atomic E-state index is 13.1. The van der Waals surface area contributed by atoms with Gasteiger partial charge in [0.1, 0.15) is 0 Å². The summed E-state index contributed by atoms with van der Waals surface area (Å²) in [5.74, 6) is -0.898. The first-order valence-corrected chi connectivity index (χ1v) is 12.2. The van der Waals surface area contributed by atoms with Crippen LogP contribution >= 0.6 is 23.1 Å². The number of thioether (sulfide) groups is 1. The van der Waals surface area contributed by atoms with Gasteiger partial charge in [-0.3, -0.25) is 4.79 Å². The van der Waals surface area contributed by atoms with E-state index in [1.165, 1.54) is 30.0 Å². The Labute approximate surface area is 200 Å². The average Bonchev–Trinajstić information content (AvgIpc) is 3.23. The van der Waals surface area contributed by atoms with Gasteiger partial charge in [-0.15, -0.1) is 23.1 Å². The number of amides is 1. The highest BCUT2D eigenvalue weighted by Gasteiger charge is 2.18. The first kappa shape index (κ1) is 24.5. The van der Waals surface area contributed by atoms with Gasteiger partial charge in [0.15, 0.2) is 0 Å². The quantitative estimate of drug-likeness (QED) is 0.323. The number of ether oxygens (including phenoxy) is 2. The van der Waals surface area contributed by atoms with Crippen LogP contribution < -0.4 is 5.32 Å². The second-order valence-corrected chi connectivity index (χ2v) is 8.92. The zero-order chi connectivity index (χ0) is 23.8. The summed E-state index contributed by atoms with van der Waals surface area (Å²) in [4.78, 5) is 42.9. The Bertz CT molecular complexity index is 1120. The molecule has 0 aliphatic heterocycles. The molecular formula is C24H24N2O5S2. The number of benzene rings is 2. The van der Waals surface area contributed by atoms with Crippen molar-refractivity contribution in [2.24, 2.45) is 0 Å². The van der Waals surface area contributed by atoms with Crippen LogP contribution in [-0.4, -0.2) is 36.0 Å². The van der Waals surface area contributed by atoms with E-state index in [-0.39, 0.29) is 30.2 Å². The van der Waals surface area contributed by atoms with Gasteiger partial charge >= 0.3 is 11.9 Å². The minimum Gasteiger partial charge on any atom is -0.462 e. The van der Waals surface area contributed by atoms with E-state index in [4.69, 9.17) is 9.47 Å². The number of nitrogens with one attached hydrogen (secondary N) is 1. The van der Waals surface area contributed by atoms with Gasteiger partial charge in [0.2, 0.25) is 0 Å². The van der Waals surface area contributed by atoms with Crippen LogP contribution in [0.3, 0.4) is 0 Å². The van der Waals surface area contributed by atoms with E-state index < -0.39 is 11.9 Å². The van der Waals surface area contributed by atoms with Crippen LogP contribution in [0.15, 0.2) is 52.7 Å². The summed E-state index contributed by atoms with van der Waals surface area (Å²) in [6, 6.07) is 11.6. The third-order valence-corrected chi connectivity index (χ3v) is 6.32. The lowest BCUT2D eigenvalue weighted by Gasteiger charge is -2.12. The summed E-state index contributed by atoms with van der Waals surface area (Å²) in [6.45, 7) is 5.71. The number of nitrogens with zero attached hydrogens (tertiary/aromatic N) is 1. The Morgan fingerprint density at radius 2 is 1.64 bits per heavy atom. The van der Waals surface area contributed by atoms with Crippen molar-refractivity contribution in [3.05, 3.63) is 75.2 Å². The number of rotatable bonds is 9. The fourth-order valence-electron chi connectivity index (χ4n) is 2.97. The predicted molar refractivity (Wildman–Crippen MR) is 129 cm³/mol. The molecule has 33 heavy (non-hydrogen) atoms. The van der Waals surface area contributed by atoms with Crippen molar-refractivity contribution < 1.29 is 23.9 Å². The molecule has 0 saturated carbocycles. The van der Waals surface area contributed by atoms with Gasteiger partial charge in [-0.1, -0.05) is 12.1 Å². The first-order chi connectivity index (χ1) is 15.9. The van der Waals surface area contributed by atoms with Crippen molar-refractivity contribution in [2.45, 2.75) is 31.4 Å². The number of thiazole rings is 1. The second kappa shape index (κ2) is 11.6. The number of anilines is 1. The number of hydrogen-bond donors (Lipinski definition) is 1. The number of aromatic nitrogens is 1. The molecule has 1 N–H and O–H groups in total. The van der Waals surface area contributed by atoms with Crippen LogP contribution in [0.1, 0.15) is 55.6 Å². The lowest BCUT2D eigenvalue weighted by molar-refractivity contribution is 0.0525. The molecule has 0 unspecified atom stereocenters. The van der Waals surface area contributed by atoms with E-state index in [2.05, 4.69) is 10.3 Å². The smallest absolute Gasteiger partial charge is 0.338 e. The topological polar surface area (TPSA) is 94.6 Å². The maximum Gasteiger partial charge on any atom is 0.338 e. The molecule has 0 radical (unpaired) electrons. The van der Waals surface area contributed by atoms with Gasteiger partial charge < -0.3 is 14.8 Å². The Hall–Kier alpha value is -3.17. The lowest BCUT2D eigenvalue weighted by Crippen LogP contribution is -2.15. The molecule has 0 aliphatic carbocycles. The molecule has 0 bridgehead atoms. The average molecular weight is 485 g/mol. The van der Waals surface area contributed by atoms with Gasteiger partial charge in [-0.25, -0.2) is 14.6 Å². The Balaban J connectivity index is 1.84. The van der Waals surface area contributed by atoms with Crippen molar-refractivity contribution in [1.82, 2.24) is 4.98 Å². The minimum absolute atomic E-state index is 0.152. The van der Waals surface area contributed by atoms with Gasteiger partial charge in [-0.05, 0) is 51.1 Å². The zero-order valence-electron chi connectivity index (χ0n) is 18.5.